The van der Waals surface area contributed by atoms with Crippen molar-refractivity contribution in [2.24, 2.45) is 5.92 Å². The zero-order valence-electron chi connectivity index (χ0n) is 21.0. The topological polar surface area (TPSA) is 35.5 Å². The van der Waals surface area contributed by atoms with E-state index in [-0.39, 0.29) is 28.2 Å². The van der Waals surface area contributed by atoms with Gasteiger partial charge in [-0.3, -0.25) is 4.79 Å². The molecule has 0 saturated heterocycles. The first kappa shape index (κ1) is 25.0. The van der Waals surface area contributed by atoms with Gasteiger partial charge in [0.05, 0.1) is 12.2 Å². The zero-order chi connectivity index (χ0) is 22.4. The summed E-state index contributed by atoms with van der Waals surface area (Å²) in [4.78, 5) is 12.8. The summed E-state index contributed by atoms with van der Waals surface area (Å²) in [6.45, 7) is 25.3. The van der Waals surface area contributed by atoms with Gasteiger partial charge in [0.25, 0.3) is 0 Å². The van der Waals surface area contributed by atoms with E-state index in [4.69, 9.17) is 8.85 Å². The van der Waals surface area contributed by atoms with Gasteiger partial charge in [0.2, 0.25) is 0 Å². The Kier molecular flexibility index (Phi) is 7.22. The first-order valence-electron chi connectivity index (χ1n) is 11.6. The van der Waals surface area contributed by atoms with Gasteiger partial charge in [-0.05, 0) is 61.1 Å². The standard InChI is InChI=1S/C24H46O3Si2/c1-12-13-14-17-18-16-21(26-28(8,9)23(2,3)4)22(19(18)15-20(17)25)27-29(10,11)24(5,6)7/h19,21-22H,12-16H2,1-11H3/t19-,21+,22+/m1/s1. The number of Topliss-reactive ketones (excluding diaryl/α,β-unsaturated/α-hetero) is 1. The second-order valence-corrected chi connectivity index (χ2v) is 21.8. The van der Waals surface area contributed by atoms with E-state index in [0.717, 1.165) is 31.3 Å². The lowest BCUT2D eigenvalue weighted by Gasteiger charge is -2.44. The molecule has 0 amide bonds. The third-order valence-electron chi connectivity index (χ3n) is 8.03. The Morgan fingerprint density at radius 2 is 1.41 bits per heavy atom. The minimum atomic E-state index is -1.96. The van der Waals surface area contributed by atoms with Crippen LogP contribution in [0.1, 0.15) is 80.6 Å². The van der Waals surface area contributed by atoms with Crippen LogP contribution in [0.4, 0.5) is 0 Å². The van der Waals surface area contributed by atoms with Crippen LogP contribution in [0.2, 0.25) is 36.3 Å². The van der Waals surface area contributed by atoms with Crippen LogP contribution in [-0.2, 0) is 13.6 Å². The predicted molar refractivity (Wildman–Crippen MR) is 128 cm³/mol. The van der Waals surface area contributed by atoms with Crippen molar-refractivity contribution in [3.8, 4) is 0 Å². The zero-order valence-corrected chi connectivity index (χ0v) is 23.0. The molecule has 0 N–H and O–H groups in total. The molecule has 0 aromatic carbocycles. The van der Waals surface area contributed by atoms with Crippen LogP contribution in [0.5, 0.6) is 0 Å². The van der Waals surface area contributed by atoms with Crippen molar-refractivity contribution in [3.63, 3.8) is 0 Å². The van der Waals surface area contributed by atoms with E-state index >= 15 is 0 Å². The smallest absolute Gasteiger partial charge is 0.192 e. The van der Waals surface area contributed by atoms with Gasteiger partial charge in [0.1, 0.15) is 0 Å². The van der Waals surface area contributed by atoms with Gasteiger partial charge in [-0.25, -0.2) is 0 Å². The molecule has 2 aliphatic carbocycles. The van der Waals surface area contributed by atoms with Crippen molar-refractivity contribution in [2.45, 2.75) is 129 Å². The molecule has 168 valence electrons. The fourth-order valence-electron chi connectivity index (χ4n) is 4.02. The van der Waals surface area contributed by atoms with E-state index in [2.05, 4.69) is 74.7 Å². The molecule has 0 radical (unpaired) electrons. The lowest BCUT2D eigenvalue weighted by atomic mass is 10.0. The number of ketones is 1. The fraction of sp³-hybridized carbons (Fsp3) is 0.875. The average molecular weight is 439 g/mol. The lowest BCUT2D eigenvalue weighted by molar-refractivity contribution is -0.116. The summed E-state index contributed by atoms with van der Waals surface area (Å²) in [5.41, 5.74) is 2.48. The van der Waals surface area contributed by atoms with Crippen LogP contribution in [0.15, 0.2) is 11.1 Å². The molecule has 0 aromatic rings. The van der Waals surface area contributed by atoms with Gasteiger partial charge in [-0.2, -0.15) is 0 Å². The highest BCUT2D eigenvalue weighted by atomic mass is 28.4. The number of carbonyl (C=O) groups excluding carboxylic acids is 1. The molecule has 0 aromatic heterocycles. The molecule has 2 aliphatic rings. The number of fused-ring (bicyclic) bond motifs is 1. The molecule has 29 heavy (non-hydrogen) atoms. The largest absolute Gasteiger partial charge is 0.411 e. The number of hydrogen-bond donors (Lipinski definition) is 0. The van der Waals surface area contributed by atoms with Gasteiger partial charge in [-0.15, -0.1) is 0 Å². The summed E-state index contributed by atoms with van der Waals surface area (Å²) >= 11 is 0. The van der Waals surface area contributed by atoms with Crippen LogP contribution < -0.4 is 0 Å². The van der Waals surface area contributed by atoms with Crippen molar-refractivity contribution in [1.82, 2.24) is 0 Å². The molecule has 1 fully saturated rings. The Morgan fingerprint density at radius 1 is 0.897 bits per heavy atom. The van der Waals surface area contributed by atoms with Gasteiger partial charge in [0, 0.05) is 12.3 Å². The van der Waals surface area contributed by atoms with Crippen molar-refractivity contribution in [2.75, 3.05) is 0 Å². The maximum Gasteiger partial charge on any atom is 0.192 e. The molecule has 2 rings (SSSR count). The summed E-state index contributed by atoms with van der Waals surface area (Å²) in [5, 5.41) is 0.316. The van der Waals surface area contributed by atoms with E-state index < -0.39 is 16.6 Å². The van der Waals surface area contributed by atoms with Gasteiger partial charge in [0.15, 0.2) is 22.4 Å². The second-order valence-electron chi connectivity index (χ2n) is 12.3. The molecule has 0 aliphatic heterocycles. The molecule has 0 bridgehead atoms. The number of allylic oxidation sites excluding steroid dienone is 1. The van der Waals surface area contributed by atoms with Crippen LogP contribution in [-0.4, -0.2) is 34.6 Å². The minimum Gasteiger partial charge on any atom is -0.411 e. The van der Waals surface area contributed by atoms with Crippen LogP contribution in [0.25, 0.3) is 0 Å². The third kappa shape index (κ3) is 5.16. The van der Waals surface area contributed by atoms with E-state index in [1.165, 1.54) is 5.57 Å². The maximum atomic E-state index is 12.8. The maximum absolute atomic E-state index is 12.8. The summed E-state index contributed by atoms with van der Waals surface area (Å²) in [5.74, 6) is 0.603. The monoisotopic (exact) mass is 438 g/mol. The first-order valence-corrected chi connectivity index (χ1v) is 17.4. The van der Waals surface area contributed by atoms with Gasteiger partial charge in [-0.1, -0.05) is 60.5 Å². The van der Waals surface area contributed by atoms with E-state index in [0.29, 0.717) is 12.2 Å². The van der Waals surface area contributed by atoms with Gasteiger partial charge < -0.3 is 8.85 Å². The molecular formula is C24H46O3Si2. The molecule has 0 unspecified atom stereocenters. The van der Waals surface area contributed by atoms with Crippen LogP contribution >= 0.6 is 0 Å². The quantitative estimate of drug-likeness (QED) is 0.393. The molecule has 1 saturated carbocycles. The second kappa shape index (κ2) is 8.36. The molecular weight excluding hydrogens is 392 g/mol. The number of rotatable bonds is 7. The fourth-order valence-corrected chi connectivity index (χ4v) is 6.70. The van der Waals surface area contributed by atoms with Crippen LogP contribution in [0.3, 0.4) is 0 Å². The first-order chi connectivity index (χ1) is 13.0. The highest BCUT2D eigenvalue weighted by Gasteiger charge is 2.53. The molecule has 0 spiro atoms. The molecule has 0 heterocycles. The van der Waals surface area contributed by atoms with Crippen molar-refractivity contribution < 1.29 is 13.6 Å². The molecule has 3 nitrogen and oxygen atoms in total. The van der Waals surface area contributed by atoms with Crippen molar-refractivity contribution in [3.05, 3.63) is 11.1 Å². The predicted octanol–water partition coefficient (Wildman–Crippen LogP) is 7.25. The van der Waals surface area contributed by atoms with Crippen molar-refractivity contribution >= 4 is 22.4 Å². The summed E-state index contributed by atoms with van der Waals surface area (Å²) in [7, 11) is -3.88. The Balaban J connectivity index is 2.40. The van der Waals surface area contributed by atoms with Crippen LogP contribution in [0, 0.1) is 5.92 Å². The minimum absolute atomic E-state index is 0.0306. The molecule has 3 atom stereocenters. The SMILES string of the molecule is CCCCC1=C2C[C@H](O[Si](C)(C)C(C)(C)C)[C@@H](O[Si](C)(C)C(C)(C)C)[C@@H]2CC1=O. The number of unbranched alkanes of at least 4 members (excludes halogenated alkanes) is 1. The number of carbonyl (C=O) groups is 1. The van der Waals surface area contributed by atoms with Gasteiger partial charge >= 0.3 is 0 Å². The highest BCUT2D eigenvalue weighted by molar-refractivity contribution is 6.74. The Labute approximate surface area is 182 Å². The Morgan fingerprint density at radius 3 is 1.90 bits per heavy atom. The summed E-state index contributed by atoms with van der Waals surface area (Å²) in [6.07, 6.45) is 4.80. The summed E-state index contributed by atoms with van der Waals surface area (Å²) in [6, 6.07) is 0. The summed E-state index contributed by atoms with van der Waals surface area (Å²) < 4.78 is 13.9. The van der Waals surface area contributed by atoms with Crippen molar-refractivity contribution in [1.29, 1.82) is 0 Å². The number of hydrogen-bond acceptors (Lipinski definition) is 3. The lowest BCUT2D eigenvalue weighted by Crippen LogP contribution is -2.51. The van der Waals surface area contributed by atoms with E-state index in [9.17, 15) is 4.79 Å². The van der Waals surface area contributed by atoms with E-state index in [1.54, 1.807) is 0 Å². The molecule has 5 heteroatoms. The normalized spacial score (nSPS) is 26.4. The van der Waals surface area contributed by atoms with E-state index in [1.807, 2.05) is 0 Å². The Bertz CT molecular complexity index is 650. The third-order valence-corrected chi connectivity index (χ3v) is 17.0. The highest BCUT2D eigenvalue weighted by Crippen LogP contribution is 2.50. The Hall–Kier alpha value is -0.236. The average Bonchev–Trinajstić information content (AvgIpc) is 2.98.